The molecule has 1 saturated carbocycles. The third-order valence-corrected chi connectivity index (χ3v) is 9.71. The molecule has 3 heterocycles. The largest absolute Gasteiger partial charge is 0.382 e. The summed E-state index contributed by atoms with van der Waals surface area (Å²) in [5.74, 6) is 6.53. The lowest BCUT2D eigenvalue weighted by Gasteiger charge is -2.42. The van der Waals surface area contributed by atoms with E-state index < -0.39 is 0 Å². The number of amides is 1. The van der Waals surface area contributed by atoms with Crippen molar-refractivity contribution in [3.05, 3.63) is 57.3 Å². The minimum atomic E-state index is -0.226. The van der Waals surface area contributed by atoms with Crippen LogP contribution in [0.2, 0.25) is 10.2 Å². The summed E-state index contributed by atoms with van der Waals surface area (Å²) < 4.78 is 0. The second kappa shape index (κ2) is 10.6. The number of anilines is 3. The zero-order valence-corrected chi connectivity index (χ0v) is 23.9. The average Bonchev–Trinajstić information content (AvgIpc) is 3.72. The Morgan fingerprint density at radius 2 is 1.90 bits per heavy atom. The van der Waals surface area contributed by atoms with Gasteiger partial charge >= 0.3 is 0 Å². The summed E-state index contributed by atoms with van der Waals surface area (Å²) in [5.41, 5.74) is 22.1. The Hall–Kier alpha value is -3.23. The first-order valence-electron chi connectivity index (χ1n) is 13.1. The number of nitrogens with zero attached hydrogens (tertiary/aromatic N) is 4. The molecular weight excluding hydrogens is 567 g/mol. The number of rotatable bonds is 4. The van der Waals surface area contributed by atoms with Crippen LogP contribution >= 0.6 is 35.0 Å². The van der Waals surface area contributed by atoms with Crippen molar-refractivity contribution in [2.24, 2.45) is 11.1 Å². The molecule has 1 spiro atoms. The van der Waals surface area contributed by atoms with Gasteiger partial charge in [-0.25, -0.2) is 15.0 Å². The molecule has 1 aromatic carbocycles. The fourth-order valence-corrected chi connectivity index (χ4v) is 6.82. The van der Waals surface area contributed by atoms with Crippen LogP contribution in [0.25, 0.3) is 0 Å². The normalized spacial score (nSPS) is 19.2. The van der Waals surface area contributed by atoms with Crippen LogP contribution in [0.4, 0.5) is 17.5 Å². The zero-order chi connectivity index (χ0) is 28.0. The smallest absolute Gasteiger partial charge is 0.296 e. The van der Waals surface area contributed by atoms with Crippen LogP contribution in [0.15, 0.2) is 40.4 Å². The molecule has 0 bridgehead atoms. The molecule has 40 heavy (non-hydrogen) atoms. The molecule has 3 aromatic rings. The van der Waals surface area contributed by atoms with Crippen LogP contribution in [0, 0.1) is 17.3 Å². The van der Waals surface area contributed by atoms with E-state index in [2.05, 4.69) is 43.1 Å². The fraction of sp³-hybridized carbons (Fsp3) is 0.357. The number of nitrogens with two attached hydrogens (primary N) is 3. The third kappa shape index (κ3) is 5.27. The number of carbonyl (C=O) groups is 1. The van der Waals surface area contributed by atoms with Crippen LogP contribution in [0.1, 0.15) is 48.4 Å². The van der Waals surface area contributed by atoms with Crippen LogP contribution in [-0.2, 0) is 11.2 Å². The number of benzene rings is 1. The first-order chi connectivity index (χ1) is 19.2. The van der Waals surface area contributed by atoms with Gasteiger partial charge in [-0.2, -0.15) is 0 Å². The maximum atomic E-state index is 12.0. The summed E-state index contributed by atoms with van der Waals surface area (Å²) in [4.78, 5) is 27.9. The van der Waals surface area contributed by atoms with Crippen molar-refractivity contribution < 1.29 is 4.79 Å². The van der Waals surface area contributed by atoms with E-state index >= 15 is 0 Å². The van der Waals surface area contributed by atoms with Crippen LogP contribution in [-0.4, -0.2) is 40.0 Å². The highest BCUT2D eigenvalue weighted by molar-refractivity contribution is 7.99. The zero-order valence-electron chi connectivity index (χ0n) is 21.6. The summed E-state index contributed by atoms with van der Waals surface area (Å²) >= 11 is 14.1. The quantitative estimate of drug-likeness (QED) is 0.329. The number of nitrogens with one attached hydrogen (secondary N) is 1. The summed E-state index contributed by atoms with van der Waals surface area (Å²) in [7, 11) is 0. The Morgan fingerprint density at radius 1 is 1.12 bits per heavy atom. The molecular formula is C28H28Cl2N8OS. The Labute approximate surface area is 246 Å². The molecule has 6 rings (SSSR count). The van der Waals surface area contributed by atoms with Gasteiger partial charge in [-0.3, -0.25) is 4.79 Å². The number of piperidine rings is 1. The Bertz CT molecular complexity index is 1560. The minimum absolute atomic E-state index is 0.0620. The maximum Gasteiger partial charge on any atom is 0.296 e. The van der Waals surface area contributed by atoms with Gasteiger partial charge in [0.05, 0.1) is 5.02 Å². The molecule has 2 aliphatic carbocycles. The van der Waals surface area contributed by atoms with E-state index in [1.165, 1.54) is 17.3 Å². The number of aromatic nitrogens is 3. The summed E-state index contributed by atoms with van der Waals surface area (Å²) in [6.45, 7) is 1.45. The van der Waals surface area contributed by atoms with Gasteiger partial charge < -0.3 is 27.4 Å². The van der Waals surface area contributed by atoms with Crippen molar-refractivity contribution in [3.8, 4) is 11.8 Å². The van der Waals surface area contributed by atoms with Crippen LogP contribution in [0.5, 0.6) is 0 Å². The van der Waals surface area contributed by atoms with Gasteiger partial charge in [-0.05, 0) is 66.8 Å². The first-order valence-corrected chi connectivity index (χ1v) is 14.7. The second-order valence-corrected chi connectivity index (χ2v) is 12.3. The lowest BCUT2D eigenvalue weighted by atomic mass is 9.73. The molecule has 206 valence electrons. The number of nitrogen functional groups attached to an aromatic ring is 2. The van der Waals surface area contributed by atoms with Crippen molar-refractivity contribution in [2.75, 3.05) is 29.5 Å². The van der Waals surface area contributed by atoms with Crippen molar-refractivity contribution in [1.82, 2.24) is 20.3 Å². The first kappa shape index (κ1) is 27.0. The molecule has 2 fully saturated rings. The highest BCUT2D eigenvalue weighted by Crippen LogP contribution is 2.51. The maximum absolute atomic E-state index is 12.0. The van der Waals surface area contributed by atoms with Crippen molar-refractivity contribution in [3.63, 3.8) is 0 Å². The van der Waals surface area contributed by atoms with Gasteiger partial charge in [0, 0.05) is 47.7 Å². The molecule has 0 unspecified atom stereocenters. The predicted octanol–water partition coefficient (Wildman–Crippen LogP) is 3.97. The molecule has 7 N–H and O–H groups in total. The SMILES string of the molecule is Nc1nc(N2CCC3(CC2)Cc2ccc(C#CC(=O)NC4CC4)cc2[C@H]3N)c(Cl)nc1Sc1ccnc(N)c1Cl. The van der Waals surface area contributed by atoms with Gasteiger partial charge in [0.25, 0.3) is 5.91 Å². The lowest BCUT2D eigenvalue weighted by molar-refractivity contribution is -0.115. The van der Waals surface area contributed by atoms with Crippen molar-refractivity contribution >= 4 is 58.3 Å². The van der Waals surface area contributed by atoms with Crippen molar-refractivity contribution in [1.29, 1.82) is 0 Å². The van der Waals surface area contributed by atoms with Crippen LogP contribution in [0.3, 0.4) is 0 Å². The van der Waals surface area contributed by atoms with E-state index in [1.54, 1.807) is 12.3 Å². The molecule has 9 nitrogen and oxygen atoms in total. The van der Waals surface area contributed by atoms with Gasteiger partial charge in [-0.15, -0.1) is 0 Å². The van der Waals surface area contributed by atoms with Gasteiger partial charge in [-0.1, -0.05) is 47.0 Å². The summed E-state index contributed by atoms with van der Waals surface area (Å²) in [6.07, 6.45) is 6.28. The summed E-state index contributed by atoms with van der Waals surface area (Å²) in [6, 6.07) is 8.03. The van der Waals surface area contributed by atoms with E-state index in [0.717, 1.165) is 56.3 Å². The molecule has 12 heteroatoms. The fourth-order valence-electron chi connectivity index (χ4n) is 5.48. The highest BCUT2D eigenvalue weighted by Gasteiger charge is 2.46. The second-order valence-electron chi connectivity index (χ2n) is 10.6. The molecule has 1 saturated heterocycles. The van der Waals surface area contributed by atoms with E-state index in [9.17, 15) is 4.79 Å². The summed E-state index contributed by atoms with van der Waals surface area (Å²) in [5, 5.41) is 3.96. The number of pyridine rings is 1. The molecule has 0 radical (unpaired) electrons. The third-order valence-electron chi connectivity index (χ3n) is 7.89. The van der Waals surface area contributed by atoms with E-state index in [4.69, 9.17) is 40.4 Å². The standard InChI is InChI=1S/C28H28Cl2N8OS/c29-21-19(7-10-34-24(21)32)40-27-25(33)37-26(23(30)36-27)38-11-8-28(9-12-38)14-16-3-1-15(13-18(16)22(28)31)2-6-20(39)35-17-4-5-17/h1,3,7,10,13,17,22H,4-5,8-9,11-12,14,31H2,(H2,32,34)(H2,33,37)(H,35,39)/t22-/m1/s1. The average molecular weight is 596 g/mol. The monoisotopic (exact) mass is 594 g/mol. The Balaban J connectivity index is 1.14. The minimum Gasteiger partial charge on any atom is -0.382 e. The number of carbonyl (C=O) groups excluding carboxylic acids is 1. The molecule has 1 atom stereocenters. The molecule has 1 aliphatic heterocycles. The number of fused-ring (bicyclic) bond motifs is 1. The predicted molar refractivity (Wildman–Crippen MR) is 158 cm³/mol. The van der Waals surface area contributed by atoms with Gasteiger partial charge in [0.1, 0.15) is 10.8 Å². The molecule has 3 aliphatic rings. The Kier molecular flexibility index (Phi) is 7.17. The van der Waals surface area contributed by atoms with Crippen molar-refractivity contribution in [2.45, 2.75) is 54.1 Å². The van der Waals surface area contributed by atoms with E-state index in [-0.39, 0.29) is 34.2 Å². The molecule has 1 amide bonds. The van der Waals surface area contributed by atoms with Gasteiger partial charge in [0.15, 0.2) is 16.8 Å². The number of halogens is 2. The molecule has 2 aromatic heterocycles. The Morgan fingerprint density at radius 3 is 2.65 bits per heavy atom. The highest BCUT2D eigenvalue weighted by atomic mass is 35.5. The van der Waals surface area contributed by atoms with E-state index in [0.29, 0.717) is 26.8 Å². The topological polar surface area (TPSA) is 149 Å². The lowest BCUT2D eigenvalue weighted by Crippen LogP contribution is -2.44. The number of hydrogen-bond acceptors (Lipinski definition) is 9. The van der Waals surface area contributed by atoms with Gasteiger partial charge in [0.2, 0.25) is 0 Å². The number of hydrogen-bond donors (Lipinski definition) is 4. The van der Waals surface area contributed by atoms with Crippen LogP contribution < -0.4 is 27.4 Å². The van der Waals surface area contributed by atoms with E-state index in [1.807, 2.05) is 12.1 Å².